The zero-order valence-electron chi connectivity index (χ0n) is 10.1. The van der Waals surface area contributed by atoms with Gasteiger partial charge in [-0.05, 0) is 35.8 Å². The van der Waals surface area contributed by atoms with Gasteiger partial charge < -0.3 is 5.11 Å². The summed E-state index contributed by atoms with van der Waals surface area (Å²) in [4.78, 5) is 0. The molecule has 0 amide bonds. The van der Waals surface area contributed by atoms with Gasteiger partial charge in [0.25, 0.3) is 0 Å². The number of rotatable bonds is 3. The maximum Gasteiger partial charge on any atom is 0.0882 e. The molecule has 0 heterocycles. The predicted molar refractivity (Wildman–Crippen MR) is 67.8 cm³/mol. The molecule has 0 saturated heterocycles. The second kappa shape index (κ2) is 4.32. The topological polar surface area (TPSA) is 20.2 Å². The number of allylic oxidation sites excluding steroid dienone is 1. The van der Waals surface area contributed by atoms with Crippen LogP contribution in [0.2, 0.25) is 0 Å². The summed E-state index contributed by atoms with van der Waals surface area (Å²) < 4.78 is 0. The molecule has 0 radical (unpaired) electrons. The van der Waals surface area contributed by atoms with Crippen LogP contribution < -0.4 is 0 Å². The van der Waals surface area contributed by atoms with Crippen LogP contribution in [-0.2, 0) is 0 Å². The Labute approximate surface area is 97.8 Å². The highest BCUT2D eigenvalue weighted by molar-refractivity contribution is 5.30. The minimum Gasteiger partial charge on any atom is -0.513 e. The highest BCUT2D eigenvalue weighted by atomic mass is 16.3. The maximum absolute atomic E-state index is 9.29. The lowest BCUT2D eigenvalue weighted by Crippen LogP contribution is -2.23. The van der Waals surface area contributed by atoms with Crippen LogP contribution >= 0.6 is 0 Å². The van der Waals surface area contributed by atoms with E-state index in [4.69, 9.17) is 0 Å². The monoisotopic (exact) mass is 216 g/mol. The lowest BCUT2D eigenvalue weighted by atomic mass is 9.70. The number of aliphatic hydroxyl groups excluding tert-OH is 1. The van der Waals surface area contributed by atoms with Crippen LogP contribution in [0.5, 0.6) is 0 Å². The second-order valence-corrected chi connectivity index (χ2v) is 5.18. The molecule has 1 nitrogen and oxygen atoms in total. The summed E-state index contributed by atoms with van der Waals surface area (Å²) >= 11 is 0. The average molecular weight is 216 g/mol. The van der Waals surface area contributed by atoms with Crippen LogP contribution in [0.3, 0.4) is 0 Å². The summed E-state index contributed by atoms with van der Waals surface area (Å²) in [5, 5.41) is 9.29. The van der Waals surface area contributed by atoms with E-state index in [1.165, 1.54) is 11.1 Å². The highest BCUT2D eigenvalue weighted by Crippen LogP contribution is 2.44. The van der Waals surface area contributed by atoms with Crippen LogP contribution in [0.15, 0.2) is 36.6 Å². The van der Waals surface area contributed by atoms with Crippen molar-refractivity contribution in [3.8, 4) is 0 Å². The van der Waals surface area contributed by atoms with Crippen LogP contribution in [0.4, 0.5) is 0 Å². The minimum absolute atomic E-state index is 0.327. The quantitative estimate of drug-likeness (QED) is 0.744. The van der Waals surface area contributed by atoms with E-state index in [0.29, 0.717) is 23.5 Å². The number of aliphatic hydroxyl groups is 1. The molecule has 1 aromatic rings. The van der Waals surface area contributed by atoms with Crippen molar-refractivity contribution in [3.05, 3.63) is 47.7 Å². The van der Waals surface area contributed by atoms with E-state index < -0.39 is 0 Å². The molecule has 0 atom stereocenters. The molecule has 0 spiro atoms. The zero-order chi connectivity index (χ0) is 11.7. The standard InChI is InChI=1S/C15H20O/c1-10(2)12-5-4-6-13(7-12)15-8-14(9-15)11(3)16/h4-7,10,14-16H,3,8-9H2,1-2H3. The molecule has 1 heteroatoms. The Hall–Kier alpha value is -1.24. The third-order valence-electron chi connectivity index (χ3n) is 3.66. The molecule has 16 heavy (non-hydrogen) atoms. The first kappa shape index (κ1) is 11.3. The van der Waals surface area contributed by atoms with Crippen molar-refractivity contribution in [2.75, 3.05) is 0 Å². The molecule has 0 aliphatic heterocycles. The molecule has 1 N–H and O–H groups in total. The van der Waals surface area contributed by atoms with Gasteiger partial charge in [0.1, 0.15) is 0 Å². The smallest absolute Gasteiger partial charge is 0.0882 e. The van der Waals surface area contributed by atoms with Gasteiger partial charge in [-0.15, -0.1) is 0 Å². The third-order valence-corrected chi connectivity index (χ3v) is 3.66. The molecule has 1 aliphatic carbocycles. The second-order valence-electron chi connectivity index (χ2n) is 5.18. The lowest BCUT2D eigenvalue weighted by Gasteiger charge is -2.35. The van der Waals surface area contributed by atoms with Crippen molar-refractivity contribution in [1.82, 2.24) is 0 Å². The van der Waals surface area contributed by atoms with E-state index in [-0.39, 0.29) is 0 Å². The van der Waals surface area contributed by atoms with Crippen LogP contribution in [0.25, 0.3) is 0 Å². The summed E-state index contributed by atoms with van der Waals surface area (Å²) in [7, 11) is 0. The number of hydrogen-bond acceptors (Lipinski definition) is 1. The molecule has 1 aromatic carbocycles. The van der Waals surface area contributed by atoms with Gasteiger partial charge in [0.05, 0.1) is 5.76 Å². The van der Waals surface area contributed by atoms with Crippen molar-refractivity contribution in [2.24, 2.45) is 5.92 Å². The Morgan fingerprint density at radius 1 is 1.38 bits per heavy atom. The van der Waals surface area contributed by atoms with Gasteiger partial charge in [0.2, 0.25) is 0 Å². The first-order valence-corrected chi connectivity index (χ1v) is 6.05. The maximum atomic E-state index is 9.29. The summed E-state index contributed by atoms with van der Waals surface area (Å²) in [5.41, 5.74) is 2.83. The Morgan fingerprint density at radius 2 is 2.06 bits per heavy atom. The van der Waals surface area contributed by atoms with Crippen molar-refractivity contribution >= 4 is 0 Å². The third kappa shape index (κ3) is 2.13. The van der Waals surface area contributed by atoms with E-state index >= 15 is 0 Å². The van der Waals surface area contributed by atoms with E-state index in [1.54, 1.807) is 0 Å². The Kier molecular flexibility index (Phi) is 3.04. The van der Waals surface area contributed by atoms with Crippen molar-refractivity contribution in [2.45, 2.75) is 38.5 Å². The lowest BCUT2D eigenvalue weighted by molar-refractivity contribution is 0.218. The van der Waals surface area contributed by atoms with Crippen molar-refractivity contribution < 1.29 is 5.11 Å². The molecule has 1 fully saturated rings. The number of hydrogen-bond donors (Lipinski definition) is 1. The van der Waals surface area contributed by atoms with E-state index in [1.807, 2.05) is 0 Å². The van der Waals surface area contributed by atoms with Gasteiger partial charge in [-0.25, -0.2) is 0 Å². The molecular weight excluding hydrogens is 196 g/mol. The Morgan fingerprint density at radius 3 is 2.62 bits per heavy atom. The molecule has 0 unspecified atom stereocenters. The largest absolute Gasteiger partial charge is 0.513 e. The summed E-state index contributed by atoms with van der Waals surface area (Å²) in [6.45, 7) is 8.05. The Balaban J connectivity index is 2.06. The van der Waals surface area contributed by atoms with E-state index in [0.717, 1.165) is 12.8 Å². The minimum atomic E-state index is 0.327. The summed E-state index contributed by atoms with van der Waals surface area (Å²) in [6.07, 6.45) is 2.10. The van der Waals surface area contributed by atoms with Gasteiger partial charge >= 0.3 is 0 Å². The van der Waals surface area contributed by atoms with Gasteiger partial charge in [-0.2, -0.15) is 0 Å². The normalized spacial score (nSPS) is 24.2. The van der Waals surface area contributed by atoms with Crippen molar-refractivity contribution in [3.63, 3.8) is 0 Å². The SMILES string of the molecule is C=C(O)C1CC(c2cccc(C(C)C)c2)C1. The molecule has 0 bridgehead atoms. The zero-order valence-corrected chi connectivity index (χ0v) is 10.1. The van der Waals surface area contributed by atoms with Crippen LogP contribution in [0.1, 0.15) is 49.7 Å². The Bertz CT molecular complexity index is 386. The number of benzene rings is 1. The van der Waals surface area contributed by atoms with Crippen LogP contribution in [0, 0.1) is 5.92 Å². The predicted octanol–water partition coefficient (Wildman–Crippen LogP) is 4.38. The van der Waals surface area contributed by atoms with Gasteiger partial charge in [0.15, 0.2) is 0 Å². The van der Waals surface area contributed by atoms with E-state index in [2.05, 4.69) is 44.7 Å². The molecule has 2 rings (SSSR count). The van der Waals surface area contributed by atoms with Gasteiger partial charge in [0, 0.05) is 5.92 Å². The van der Waals surface area contributed by atoms with Gasteiger partial charge in [-0.3, -0.25) is 0 Å². The first-order chi connectivity index (χ1) is 7.58. The van der Waals surface area contributed by atoms with E-state index in [9.17, 15) is 5.11 Å². The van der Waals surface area contributed by atoms with Crippen LogP contribution in [-0.4, -0.2) is 5.11 Å². The fraction of sp³-hybridized carbons (Fsp3) is 0.467. The molecule has 0 aromatic heterocycles. The fourth-order valence-corrected chi connectivity index (χ4v) is 2.33. The molecular formula is C15H20O. The molecule has 86 valence electrons. The summed E-state index contributed by atoms with van der Waals surface area (Å²) in [6, 6.07) is 8.85. The van der Waals surface area contributed by atoms with Gasteiger partial charge in [-0.1, -0.05) is 44.7 Å². The fourth-order valence-electron chi connectivity index (χ4n) is 2.33. The molecule has 1 aliphatic rings. The molecule has 1 saturated carbocycles. The summed E-state index contributed by atoms with van der Waals surface area (Å²) in [5.74, 6) is 1.89. The first-order valence-electron chi connectivity index (χ1n) is 6.05. The average Bonchev–Trinajstić information content (AvgIpc) is 2.15. The van der Waals surface area contributed by atoms with Crippen molar-refractivity contribution in [1.29, 1.82) is 0 Å². The highest BCUT2D eigenvalue weighted by Gasteiger charge is 2.32.